The summed E-state index contributed by atoms with van der Waals surface area (Å²) in [5, 5.41) is 0. The van der Waals surface area contributed by atoms with E-state index in [9.17, 15) is 0 Å². The van der Waals surface area contributed by atoms with Crippen molar-refractivity contribution in [3.05, 3.63) is 24.0 Å². The normalized spacial score (nSPS) is 21.6. The van der Waals surface area contributed by atoms with Crippen LogP contribution in [0.2, 0.25) is 0 Å². The van der Waals surface area contributed by atoms with Gasteiger partial charge in [-0.05, 0) is 38.5 Å². The first-order valence-electron chi connectivity index (χ1n) is 6.48. The molecule has 0 aliphatic carbocycles. The van der Waals surface area contributed by atoms with Crippen LogP contribution in [0.3, 0.4) is 0 Å². The monoisotopic (exact) mass is 245 g/mol. The van der Waals surface area contributed by atoms with Crippen molar-refractivity contribution >= 4 is 16.7 Å². The maximum Gasteiger partial charge on any atom is 0.106 e. The van der Waals surface area contributed by atoms with E-state index in [1.165, 1.54) is 5.52 Å². The average Bonchev–Trinajstić information content (AvgIpc) is 2.94. The van der Waals surface area contributed by atoms with Crippen molar-refractivity contribution in [3.63, 3.8) is 0 Å². The molecule has 1 aliphatic rings. The average molecular weight is 245 g/mol. The van der Waals surface area contributed by atoms with Crippen molar-refractivity contribution in [1.82, 2.24) is 9.55 Å². The third-order valence-corrected chi connectivity index (χ3v) is 3.94. The Morgan fingerprint density at radius 3 is 3.06 bits per heavy atom. The van der Waals surface area contributed by atoms with E-state index in [1.54, 1.807) is 0 Å². The predicted molar refractivity (Wildman–Crippen MR) is 72.5 cm³/mol. The third-order valence-electron chi connectivity index (χ3n) is 3.94. The summed E-state index contributed by atoms with van der Waals surface area (Å²) in [5.74, 6) is 1.63. The van der Waals surface area contributed by atoms with E-state index >= 15 is 0 Å². The van der Waals surface area contributed by atoms with Crippen molar-refractivity contribution in [2.24, 2.45) is 5.92 Å². The number of rotatable bonds is 2. The van der Waals surface area contributed by atoms with Gasteiger partial charge in [0.1, 0.15) is 5.82 Å². The maximum absolute atomic E-state index is 5.81. The summed E-state index contributed by atoms with van der Waals surface area (Å²) in [6, 6.07) is 6.37. The second kappa shape index (κ2) is 4.28. The molecule has 2 atom stereocenters. The lowest BCUT2D eigenvalue weighted by molar-refractivity contribution is 0.175. The molecule has 1 aliphatic heterocycles. The Labute approximate surface area is 107 Å². The van der Waals surface area contributed by atoms with Crippen LogP contribution in [0.15, 0.2) is 18.2 Å². The molecule has 2 N–H and O–H groups in total. The number of fused-ring (bicyclic) bond motifs is 1. The lowest BCUT2D eigenvalue weighted by Gasteiger charge is -2.21. The Morgan fingerprint density at radius 1 is 1.50 bits per heavy atom. The van der Waals surface area contributed by atoms with E-state index in [0.29, 0.717) is 12.0 Å². The Morgan fingerprint density at radius 2 is 2.33 bits per heavy atom. The van der Waals surface area contributed by atoms with Crippen LogP contribution in [-0.2, 0) is 4.74 Å². The number of ether oxygens (including phenoxy) is 1. The minimum atomic E-state index is 0.418. The number of imidazole rings is 1. The summed E-state index contributed by atoms with van der Waals surface area (Å²) >= 11 is 0. The van der Waals surface area contributed by atoms with Gasteiger partial charge < -0.3 is 15.0 Å². The number of anilines is 1. The van der Waals surface area contributed by atoms with Gasteiger partial charge in [0, 0.05) is 24.3 Å². The van der Waals surface area contributed by atoms with Crippen molar-refractivity contribution in [1.29, 1.82) is 0 Å². The Hall–Kier alpha value is -1.55. The first-order valence-corrected chi connectivity index (χ1v) is 6.48. The Balaban J connectivity index is 2.07. The second-order valence-electron chi connectivity index (χ2n) is 5.14. The molecular weight excluding hydrogens is 226 g/mol. The Bertz CT molecular complexity index is 570. The molecule has 18 heavy (non-hydrogen) atoms. The SMILES string of the molecule is Cc1nc2cc(N)ccc2n1C(C)C1CCOC1. The molecule has 4 nitrogen and oxygen atoms in total. The summed E-state index contributed by atoms with van der Waals surface area (Å²) in [7, 11) is 0. The molecule has 1 aromatic heterocycles. The van der Waals surface area contributed by atoms with E-state index in [1.807, 2.05) is 12.1 Å². The smallest absolute Gasteiger partial charge is 0.106 e. The first-order chi connectivity index (χ1) is 8.66. The van der Waals surface area contributed by atoms with Gasteiger partial charge in [0.05, 0.1) is 17.6 Å². The van der Waals surface area contributed by atoms with Gasteiger partial charge in [0.2, 0.25) is 0 Å². The molecule has 2 aromatic rings. The highest BCUT2D eigenvalue weighted by molar-refractivity contribution is 5.79. The van der Waals surface area contributed by atoms with E-state index in [0.717, 1.165) is 36.7 Å². The minimum absolute atomic E-state index is 0.418. The summed E-state index contributed by atoms with van der Waals surface area (Å²) in [6.45, 7) is 6.05. The van der Waals surface area contributed by atoms with E-state index in [4.69, 9.17) is 10.5 Å². The van der Waals surface area contributed by atoms with Gasteiger partial charge >= 0.3 is 0 Å². The number of nitrogens with two attached hydrogens (primary N) is 1. The molecule has 3 rings (SSSR count). The fourth-order valence-corrected chi connectivity index (χ4v) is 2.89. The molecule has 0 saturated carbocycles. The zero-order chi connectivity index (χ0) is 12.7. The van der Waals surface area contributed by atoms with Crippen LogP contribution in [0, 0.1) is 12.8 Å². The van der Waals surface area contributed by atoms with Crippen LogP contribution in [0.1, 0.15) is 25.2 Å². The highest BCUT2D eigenvalue weighted by Crippen LogP contribution is 2.30. The molecule has 0 spiro atoms. The number of nitrogen functional groups attached to an aromatic ring is 1. The van der Waals surface area contributed by atoms with Crippen molar-refractivity contribution in [3.8, 4) is 0 Å². The molecule has 1 aromatic carbocycles. The topological polar surface area (TPSA) is 53.1 Å². The van der Waals surface area contributed by atoms with Gasteiger partial charge in [-0.1, -0.05) is 0 Å². The van der Waals surface area contributed by atoms with Gasteiger partial charge in [-0.25, -0.2) is 4.98 Å². The summed E-state index contributed by atoms with van der Waals surface area (Å²) in [5.41, 5.74) is 8.73. The molecule has 0 radical (unpaired) electrons. The highest BCUT2D eigenvalue weighted by Gasteiger charge is 2.25. The van der Waals surface area contributed by atoms with Gasteiger partial charge in [0.15, 0.2) is 0 Å². The van der Waals surface area contributed by atoms with Crippen molar-refractivity contribution in [2.45, 2.75) is 26.3 Å². The molecule has 2 unspecified atom stereocenters. The molecule has 96 valence electrons. The van der Waals surface area contributed by atoms with Gasteiger partial charge in [-0.15, -0.1) is 0 Å². The number of aromatic nitrogens is 2. The molecule has 0 bridgehead atoms. The van der Waals surface area contributed by atoms with Gasteiger partial charge in [-0.3, -0.25) is 0 Å². The summed E-state index contributed by atoms with van der Waals surface area (Å²) < 4.78 is 7.81. The molecule has 1 fully saturated rings. The van der Waals surface area contributed by atoms with Crippen molar-refractivity contribution < 1.29 is 4.74 Å². The summed E-state index contributed by atoms with van der Waals surface area (Å²) in [6.07, 6.45) is 1.13. The number of aryl methyl sites for hydroxylation is 1. The standard InChI is InChI=1S/C14H19N3O/c1-9(11-5-6-18-8-11)17-10(2)16-13-7-12(15)3-4-14(13)17/h3-4,7,9,11H,5-6,8,15H2,1-2H3. The van der Waals surface area contributed by atoms with Crippen LogP contribution < -0.4 is 5.73 Å². The number of benzene rings is 1. The second-order valence-corrected chi connectivity index (χ2v) is 5.14. The van der Waals surface area contributed by atoms with Crippen LogP contribution >= 0.6 is 0 Å². The van der Waals surface area contributed by atoms with Gasteiger partial charge in [-0.2, -0.15) is 0 Å². The predicted octanol–water partition coefficient (Wildman–Crippen LogP) is 2.52. The van der Waals surface area contributed by atoms with E-state index in [2.05, 4.69) is 29.5 Å². The quantitative estimate of drug-likeness (QED) is 0.827. The lowest BCUT2D eigenvalue weighted by atomic mass is 10.0. The largest absolute Gasteiger partial charge is 0.399 e. The zero-order valence-electron chi connectivity index (χ0n) is 10.9. The fourth-order valence-electron chi connectivity index (χ4n) is 2.89. The van der Waals surface area contributed by atoms with Gasteiger partial charge in [0.25, 0.3) is 0 Å². The van der Waals surface area contributed by atoms with E-state index < -0.39 is 0 Å². The zero-order valence-corrected chi connectivity index (χ0v) is 10.9. The minimum Gasteiger partial charge on any atom is -0.399 e. The molecule has 2 heterocycles. The number of nitrogens with zero attached hydrogens (tertiary/aromatic N) is 2. The van der Waals surface area contributed by atoms with Crippen LogP contribution in [-0.4, -0.2) is 22.8 Å². The van der Waals surface area contributed by atoms with Crippen LogP contribution in [0.5, 0.6) is 0 Å². The van der Waals surface area contributed by atoms with Crippen LogP contribution in [0.25, 0.3) is 11.0 Å². The fraction of sp³-hybridized carbons (Fsp3) is 0.500. The molecule has 1 saturated heterocycles. The van der Waals surface area contributed by atoms with E-state index in [-0.39, 0.29) is 0 Å². The van der Waals surface area contributed by atoms with Crippen molar-refractivity contribution in [2.75, 3.05) is 18.9 Å². The molecule has 0 amide bonds. The van der Waals surface area contributed by atoms with Crippen LogP contribution in [0.4, 0.5) is 5.69 Å². The highest BCUT2D eigenvalue weighted by atomic mass is 16.5. The number of hydrogen-bond acceptors (Lipinski definition) is 3. The third kappa shape index (κ3) is 1.77. The number of hydrogen-bond donors (Lipinski definition) is 1. The molecular formula is C14H19N3O. The molecule has 4 heteroatoms. The first kappa shape index (κ1) is 11.5. The Kier molecular flexibility index (Phi) is 2.74. The lowest BCUT2D eigenvalue weighted by Crippen LogP contribution is -2.17. The maximum atomic E-state index is 5.81. The summed E-state index contributed by atoms with van der Waals surface area (Å²) in [4.78, 5) is 4.61.